The molecule has 4 fully saturated rings. The number of fused-ring (bicyclic) bond motifs is 5. The first-order valence-electron chi connectivity index (χ1n) is 16.1. The van der Waals surface area contributed by atoms with E-state index in [0.717, 1.165) is 55.3 Å². The fourth-order valence-corrected chi connectivity index (χ4v) is 11.4. The van der Waals surface area contributed by atoms with Crippen LogP contribution in [0.5, 0.6) is 0 Å². The maximum absolute atomic E-state index is 13.7. The van der Waals surface area contributed by atoms with E-state index in [-0.39, 0.29) is 28.9 Å². The first kappa shape index (κ1) is 29.8. The predicted octanol–water partition coefficient (Wildman–Crippen LogP) is 7.63. The van der Waals surface area contributed by atoms with E-state index < -0.39 is 8.32 Å². The molecule has 1 N–H and O–H groups in total. The number of amides is 1. The average Bonchev–Trinajstić information content (AvgIpc) is 3.28. The molecule has 4 saturated carbocycles. The molecule has 0 aromatic heterocycles. The highest BCUT2D eigenvalue weighted by atomic mass is 28.4. The van der Waals surface area contributed by atoms with Gasteiger partial charge in [0.2, 0.25) is 5.91 Å². The van der Waals surface area contributed by atoms with Gasteiger partial charge in [-0.15, -0.1) is 0 Å². The van der Waals surface area contributed by atoms with Crippen LogP contribution in [0.15, 0.2) is 24.3 Å². The molecule has 4 aliphatic rings. The van der Waals surface area contributed by atoms with Crippen LogP contribution in [0.3, 0.4) is 0 Å². The van der Waals surface area contributed by atoms with Crippen LogP contribution in [0.1, 0.15) is 95.7 Å². The van der Waals surface area contributed by atoms with Crippen molar-refractivity contribution in [2.45, 2.75) is 110 Å². The molecule has 0 heterocycles. The minimum Gasteiger partial charge on any atom is -0.410 e. The summed E-state index contributed by atoms with van der Waals surface area (Å²) in [6.45, 7) is 15.1. The Balaban J connectivity index is 1.25. The number of nitrogens with one attached hydrogen (secondary N) is 1. The third kappa shape index (κ3) is 5.81. The molecule has 40 heavy (non-hydrogen) atoms. The molecule has 5 nitrogen and oxygen atoms in total. The molecule has 0 bridgehead atoms. The molecule has 0 aliphatic heterocycles. The van der Waals surface area contributed by atoms with Gasteiger partial charge in [0.15, 0.2) is 8.32 Å². The summed E-state index contributed by atoms with van der Waals surface area (Å²) in [5.74, 6) is 4.15. The van der Waals surface area contributed by atoms with E-state index in [0.29, 0.717) is 11.5 Å². The van der Waals surface area contributed by atoms with Crippen LogP contribution >= 0.6 is 0 Å². The molecule has 4 aliphatic carbocycles. The molecule has 0 radical (unpaired) electrons. The van der Waals surface area contributed by atoms with Crippen LogP contribution in [0.25, 0.3) is 0 Å². The Bertz CT molecular complexity index is 1090. The Morgan fingerprint density at radius 3 is 2.45 bits per heavy atom. The van der Waals surface area contributed by atoms with Crippen molar-refractivity contribution >= 4 is 14.2 Å². The minimum absolute atomic E-state index is 0.0488. The van der Waals surface area contributed by atoms with Crippen molar-refractivity contribution in [2.75, 3.05) is 13.2 Å². The number of nitrogens with zero attached hydrogens (tertiary/aromatic N) is 1. The lowest BCUT2D eigenvalue weighted by atomic mass is 9.49. The molecule has 5 rings (SSSR count). The van der Waals surface area contributed by atoms with E-state index in [2.05, 4.69) is 51.8 Å². The molecular formula is C34H52N2O3Si. The summed E-state index contributed by atoms with van der Waals surface area (Å²) in [7, 11) is -1.67. The molecule has 9 atom stereocenters. The van der Waals surface area contributed by atoms with Crippen LogP contribution in [-0.2, 0) is 14.0 Å². The molecule has 1 aromatic carbocycles. The van der Waals surface area contributed by atoms with Gasteiger partial charge < -0.3 is 14.5 Å². The third-order valence-corrected chi connectivity index (χ3v) is 12.4. The highest BCUT2D eigenvalue weighted by Crippen LogP contribution is 2.65. The fourth-order valence-electron chi connectivity index (χ4n) is 9.81. The SMILES string of the molecule is CCOC[C@@]1(O[Si](C)(C)C)CC[C@H]2[C@H](CC[C@@H]3[C@@H]2CC[C@]2(C)[C@@H](C(=O)N[C@H](C)c4ccc(C#N)cc4)CC[C@@H]32)C1. The van der Waals surface area contributed by atoms with Crippen molar-refractivity contribution in [3.05, 3.63) is 35.4 Å². The molecule has 220 valence electrons. The van der Waals surface area contributed by atoms with Gasteiger partial charge in [0.05, 0.1) is 29.9 Å². The number of benzene rings is 1. The zero-order valence-electron chi connectivity index (χ0n) is 25.8. The van der Waals surface area contributed by atoms with Crippen molar-refractivity contribution < 1.29 is 14.0 Å². The van der Waals surface area contributed by atoms with Gasteiger partial charge in [-0.3, -0.25) is 4.79 Å². The Morgan fingerprint density at radius 2 is 1.77 bits per heavy atom. The fraction of sp³-hybridized carbons (Fsp3) is 0.765. The van der Waals surface area contributed by atoms with Crippen molar-refractivity contribution in [1.82, 2.24) is 5.32 Å². The summed E-state index contributed by atoms with van der Waals surface area (Å²) < 4.78 is 12.9. The van der Waals surface area contributed by atoms with Gasteiger partial charge in [0.1, 0.15) is 0 Å². The average molecular weight is 565 g/mol. The monoisotopic (exact) mass is 564 g/mol. The molecule has 0 unspecified atom stereocenters. The lowest BCUT2D eigenvalue weighted by molar-refractivity contribution is -0.137. The largest absolute Gasteiger partial charge is 0.410 e. The van der Waals surface area contributed by atoms with E-state index in [4.69, 9.17) is 14.4 Å². The normalized spacial score (nSPS) is 37.9. The number of hydrogen-bond acceptors (Lipinski definition) is 4. The second kappa shape index (κ2) is 11.5. The molecular weight excluding hydrogens is 512 g/mol. The highest BCUT2D eigenvalue weighted by molar-refractivity contribution is 6.69. The summed E-state index contributed by atoms with van der Waals surface area (Å²) >= 11 is 0. The molecule has 6 heteroatoms. The van der Waals surface area contributed by atoms with Crippen LogP contribution < -0.4 is 5.32 Å². The molecule has 0 saturated heterocycles. The Labute approximate surface area is 243 Å². The number of nitriles is 1. The van der Waals surface area contributed by atoms with E-state index in [9.17, 15) is 4.79 Å². The Morgan fingerprint density at radius 1 is 1.05 bits per heavy atom. The number of ether oxygens (including phenoxy) is 1. The topological polar surface area (TPSA) is 71.3 Å². The van der Waals surface area contributed by atoms with Gasteiger partial charge in [-0.05, 0) is 144 Å². The summed E-state index contributed by atoms with van der Waals surface area (Å²) in [5, 5.41) is 12.5. The summed E-state index contributed by atoms with van der Waals surface area (Å²) in [4.78, 5) is 13.7. The molecule has 1 amide bonds. The summed E-state index contributed by atoms with van der Waals surface area (Å²) in [6, 6.07) is 9.74. The van der Waals surface area contributed by atoms with Crippen LogP contribution in [0, 0.1) is 52.3 Å². The summed E-state index contributed by atoms with van der Waals surface area (Å²) in [5.41, 5.74) is 1.74. The number of carbonyl (C=O) groups is 1. The predicted molar refractivity (Wildman–Crippen MR) is 162 cm³/mol. The zero-order valence-corrected chi connectivity index (χ0v) is 26.8. The van der Waals surface area contributed by atoms with Gasteiger partial charge >= 0.3 is 0 Å². The van der Waals surface area contributed by atoms with E-state index in [1.54, 1.807) is 0 Å². The standard InChI is InChI=1S/C34H52N2O3Si/c1-7-38-22-34(39-40(4,5)6)19-17-27-26(20-34)12-13-29-28(27)16-18-33(3)30(29)14-15-31(33)32(37)36-23(2)25-10-8-24(21-35)9-11-25/h8-11,23,26-31H,7,12-20,22H2,1-6H3,(H,36,37)/t23-,26-,27+,28-,29-,30+,31-,33+,34-/m1/s1. The highest BCUT2D eigenvalue weighted by Gasteiger charge is 2.59. The Kier molecular flexibility index (Phi) is 8.59. The van der Waals surface area contributed by atoms with Crippen molar-refractivity contribution in [2.24, 2.45) is 40.9 Å². The maximum atomic E-state index is 13.7. The van der Waals surface area contributed by atoms with Gasteiger partial charge in [0.25, 0.3) is 0 Å². The van der Waals surface area contributed by atoms with Crippen molar-refractivity contribution in [3.63, 3.8) is 0 Å². The maximum Gasteiger partial charge on any atom is 0.224 e. The van der Waals surface area contributed by atoms with Crippen molar-refractivity contribution in [1.29, 1.82) is 5.26 Å². The Hall–Kier alpha value is -1.68. The number of carbonyl (C=O) groups excluding carboxylic acids is 1. The van der Waals surface area contributed by atoms with Gasteiger partial charge in [0, 0.05) is 12.5 Å². The van der Waals surface area contributed by atoms with Crippen molar-refractivity contribution in [3.8, 4) is 6.07 Å². The first-order valence-corrected chi connectivity index (χ1v) is 19.5. The van der Waals surface area contributed by atoms with E-state index in [1.165, 1.54) is 44.9 Å². The van der Waals surface area contributed by atoms with Gasteiger partial charge in [-0.25, -0.2) is 0 Å². The van der Waals surface area contributed by atoms with Gasteiger partial charge in [-0.1, -0.05) is 19.1 Å². The minimum atomic E-state index is -1.67. The van der Waals surface area contributed by atoms with E-state index >= 15 is 0 Å². The van der Waals surface area contributed by atoms with Crippen LogP contribution in [-0.4, -0.2) is 33.0 Å². The number of rotatable bonds is 8. The van der Waals surface area contributed by atoms with Crippen LogP contribution in [0.2, 0.25) is 19.6 Å². The van der Waals surface area contributed by atoms with Crippen LogP contribution in [0.4, 0.5) is 0 Å². The van der Waals surface area contributed by atoms with Gasteiger partial charge in [-0.2, -0.15) is 5.26 Å². The number of hydrogen-bond donors (Lipinski definition) is 1. The molecule has 0 spiro atoms. The molecule has 1 aromatic rings. The second-order valence-electron chi connectivity index (χ2n) is 14.9. The third-order valence-electron chi connectivity index (χ3n) is 11.4. The quantitative estimate of drug-likeness (QED) is 0.330. The zero-order chi connectivity index (χ0) is 28.7. The lowest BCUT2D eigenvalue weighted by Crippen LogP contribution is -2.55. The summed E-state index contributed by atoms with van der Waals surface area (Å²) in [6.07, 6.45) is 10.9. The first-order chi connectivity index (χ1) is 19.0. The van der Waals surface area contributed by atoms with E-state index in [1.807, 2.05) is 24.3 Å². The lowest BCUT2D eigenvalue weighted by Gasteiger charge is -2.58. The smallest absolute Gasteiger partial charge is 0.224 e. The second-order valence-corrected chi connectivity index (χ2v) is 19.3.